The summed E-state index contributed by atoms with van der Waals surface area (Å²) in [7, 11) is 0. The molecule has 0 aromatic heterocycles. The minimum Gasteiger partial charge on any atom is -0.396 e. The van der Waals surface area contributed by atoms with Gasteiger partial charge in [0, 0.05) is 18.2 Å². The largest absolute Gasteiger partial charge is 0.396 e. The molecule has 0 spiro atoms. The van der Waals surface area contributed by atoms with Gasteiger partial charge in [-0.2, -0.15) is 0 Å². The van der Waals surface area contributed by atoms with E-state index in [0.29, 0.717) is 10.7 Å². The van der Waals surface area contributed by atoms with E-state index in [4.69, 9.17) is 17.3 Å². The molecule has 1 rings (SSSR count). The van der Waals surface area contributed by atoms with Crippen LogP contribution in [-0.4, -0.2) is 28.8 Å². The molecule has 1 amide bonds. The first-order valence-electron chi connectivity index (χ1n) is 6.45. The van der Waals surface area contributed by atoms with Crippen LogP contribution >= 0.6 is 12.2 Å². The van der Waals surface area contributed by atoms with Crippen molar-refractivity contribution in [2.24, 2.45) is 0 Å². The number of nitrogens with one attached hydrogen (secondary N) is 2. The number of amides is 1. The van der Waals surface area contributed by atoms with Gasteiger partial charge in [0.1, 0.15) is 0 Å². The summed E-state index contributed by atoms with van der Waals surface area (Å²) < 4.78 is 0. The second-order valence-corrected chi connectivity index (χ2v) is 4.67. The molecule has 1 atom stereocenters. The quantitative estimate of drug-likeness (QED) is 0.696. The fourth-order valence-electron chi connectivity index (χ4n) is 1.70. The van der Waals surface area contributed by atoms with Crippen molar-refractivity contribution < 1.29 is 9.90 Å². The predicted molar refractivity (Wildman–Crippen MR) is 80.0 cm³/mol. The average Bonchev–Trinajstić information content (AvgIpc) is 2.44. The average molecular weight is 280 g/mol. The first-order chi connectivity index (χ1) is 9.17. The molecule has 1 aromatic rings. The van der Waals surface area contributed by atoms with E-state index in [2.05, 4.69) is 10.6 Å². The summed E-state index contributed by atoms with van der Waals surface area (Å²) in [4.78, 5) is 11.9. The first kappa shape index (κ1) is 15.6. The van der Waals surface area contributed by atoms with E-state index in [1.165, 1.54) is 0 Å². The van der Waals surface area contributed by atoms with Crippen LogP contribution in [0.5, 0.6) is 0 Å². The number of rotatable bonds is 6. The molecule has 0 radical (unpaired) electrons. The molecule has 104 valence electrons. The maximum Gasteiger partial charge on any atom is 0.257 e. The maximum absolute atomic E-state index is 11.9. The molecule has 0 aliphatic rings. The smallest absolute Gasteiger partial charge is 0.257 e. The van der Waals surface area contributed by atoms with E-state index in [1.54, 1.807) is 12.1 Å². The van der Waals surface area contributed by atoms with Gasteiger partial charge in [-0.15, -0.1) is 0 Å². The standard InChI is InChI=1S/C14H20N2O2S/c1-2-12(9-6-10-17)15-14(19)16-13(18)11-7-4-3-5-8-11/h3-5,7-8,12,17H,2,6,9-10H2,1H3,(H2,15,16,18,19). The molecular weight excluding hydrogens is 260 g/mol. The van der Waals surface area contributed by atoms with Crippen molar-refractivity contribution in [1.82, 2.24) is 10.6 Å². The van der Waals surface area contributed by atoms with E-state index in [1.807, 2.05) is 25.1 Å². The number of thiocarbonyl (C=S) groups is 1. The van der Waals surface area contributed by atoms with Crippen molar-refractivity contribution in [1.29, 1.82) is 0 Å². The van der Waals surface area contributed by atoms with E-state index in [9.17, 15) is 4.79 Å². The Morgan fingerprint density at radius 1 is 1.37 bits per heavy atom. The summed E-state index contributed by atoms with van der Waals surface area (Å²) >= 11 is 5.12. The number of aliphatic hydroxyl groups excluding tert-OH is 1. The molecular formula is C14H20N2O2S. The van der Waals surface area contributed by atoms with Gasteiger partial charge in [0.25, 0.3) is 5.91 Å². The van der Waals surface area contributed by atoms with Crippen molar-refractivity contribution in [3.05, 3.63) is 35.9 Å². The lowest BCUT2D eigenvalue weighted by Gasteiger charge is -2.18. The van der Waals surface area contributed by atoms with Crippen LogP contribution in [0.2, 0.25) is 0 Å². The summed E-state index contributed by atoms with van der Waals surface area (Å²) in [5.74, 6) is -0.213. The summed E-state index contributed by atoms with van der Waals surface area (Å²) in [6.07, 6.45) is 2.44. The Morgan fingerprint density at radius 3 is 2.63 bits per heavy atom. The summed E-state index contributed by atoms with van der Waals surface area (Å²) in [6, 6.07) is 9.12. The fourth-order valence-corrected chi connectivity index (χ4v) is 1.96. The van der Waals surface area contributed by atoms with Gasteiger partial charge in [-0.1, -0.05) is 25.1 Å². The molecule has 5 heteroatoms. The number of hydrogen-bond donors (Lipinski definition) is 3. The van der Waals surface area contributed by atoms with Gasteiger partial charge in [-0.05, 0) is 43.6 Å². The molecule has 1 unspecified atom stereocenters. The molecule has 0 aliphatic heterocycles. The van der Waals surface area contributed by atoms with E-state index >= 15 is 0 Å². The van der Waals surface area contributed by atoms with E-state index in [-0.39, 0.29) is 18.6 Å². The lowest BCUT2D eigenvalue weighted by atomic mass is 10.1. The van der Waals surface area contributed by atoms with Crippen molar-refractivity contribution in [2.75, 3.05) is 6.61 Å². The summed E-state index contributed by atoms with van der Waals surface area (Å²) in [5.41, 5.74) is 0.579. The predicted octanol–water partition coefficient (Wildman–Crippen LogP) is 1.84. The Hall–Kier alpha value is -1.46. The second-order valence-electron chi connectivity index (χ2n) is 4.26. The highest BCUT2D eigenvalue weighted by atomic mass is 32.1. The van der Waals surface area contributed by atoms with Gasteiger partial charge in [0.15, 0.2) is 5.11 Å². The third kappa shape index (κ3) is 5.81. The second kappa shape index (κ2) is 8.61. The summed E-state index contributed by atoms with van der Waals surface area (Å²) in [5, 5.41) is 14.9. The summed E-state index contributed by atoms with van der Waals surface area (Å²) in [6.45, 7) is 2.21. The topological polar surface area (TPSA) is 61.4 Å². The number of hydrogen-bond acceptors (Lipinski definition) is 3. The van der Waals surface area contributed by atoms with Crippen molar-refractivity contribution in [3.63, 3.8) is 0 Å². The molecule has 0 fully saturated rings. The number of carbonyl (C=O) groups is 1. The molecule has 3 N–H and O–H groups in total. The Labute approximate surface area is 119 Å². The lowest BCUT2D eigenvalue weighted by molar-refractivity contribution is 0.0976. The minimum atomic E-state index is -0.213. The van der Waals surface area contributed by atoms with Crippen LogP contribution in [0.3, 0.4) is 0 Å². The monoisotopic (exact) mass is 280 g/mol. The van der Waals surface area contributed by atoms with Gasteiger partial charge >= 0.3 is 0 Å². The van der Waals surface area contributed by atoms with E-state index in [0.717, 1.165) is 19.3 Å². The molecule has 19 heavy (non-hydrogen) atoms. The zero-order valence-electron chi connectivity index (χ0n) is 11.1. The van der Waals surface area contributed by atoms with E-state index < -0.39 is 0 Å². The van der Waals surface area contributed by atoms with Crippen LogP contribution in [0.1, 0.15) is 36.5 Å². The third-order valence-corrected chi connectivity index (χ3v) is 3.02. The SMILES string of the molecule is CCC(CCCO)NC(=S)NC(=O)c1ccccc1. The fraction of sp³-hybridized carbons (Fsp3) is 0.429. The Bertz CT molecular complexity index is 409. The van der Waals surface area contributed by atoms with Crippen LogP contribution in [0.15, 0.2) is 30.3 Å². The number of carbonyl (C=O) groups excluding carboxylic acids is 1. The van der Waals surface area contributed by atoms with Crippen molar-refractivity contribution in [3.8, 4) is 0 Å². The van der Waals surface area contributed by atoms with Crippen LogP contribution in [0.4, 0.5) is 0 Å². The highest BCUT2D eigenvalue weighted by Crippen LogP contribution is 2.02. The van der Waals surface area contributed by atoms with Crippen LogP contribution in [-0.2, 0) is 0 Å². The highest BCUT2D eigenvalue weighted by Gasteiger charge is 2.10. The molecule has 0 saturated carbocycles. The zero-order chi connectivity index (χ0) is 14.1. The van der Waals surface area contributed by atoms with Gasteiger partial charge < -0.3 is 10.4 Å². The molecule has 1 aromatic carbocycles. The van der Waals surface area contributed by atoms with Crippen LogP contribution < -0.4 is 10.6 Å². The van der Waals surface area contributed by atoms with Crippen molar-refractivity contribution in [2.45, 2.75) is 32.2 Å². The third-order valence-electron chi connectivity index (χ3n) is 2.80. The molecule has 4 nitrogen and oxygen atoms in total. The molecule has 0 bridgehead atoms. The Balaban J connectivity index is 2.44. The lowest BCUT2D eigenvalue weighted by Crippen LogP contribution is -2.44. The molecule has 0 saturated heterocycles. The highest BCUT2D eigenvalue weighted by molar-refractivity contribution is 7.80. The normalized spacial score (nSPS) is 11.7. The van der Waals surface area contributed by atoms with Gasteiger partial charge in [-0.3, -0.25) is 10.1 Å². The van der Waals surface area contributed by atoms with Gasteiger partial charge in [-0.25, -0.2) is 0 Å². The zero-order valence-corrected chi connectivity index (χ0v) is 11.9. The van der Waals surface area contributed by atoms with Crippen LogP contribution in [0, 0.1) is 0 Å². The van der Waals surface area contributed by atoms with Gasteiger partial charge in [0.05, 0.1) is 0 Å². The molecule has 0 heterocycles. The van der Waals surface area contributed by atoms with Crippen LogP contribution in [0.25, 0.3) is 0 Å². The van der Waals surface area contributed by atoms with Gasteiger partial charge in [0.2, 0.25) is 0 Å². The minimum absolute atomic E-state index is 0.168. The maximum atomic E-state index is 11.9. The first-order valence-corrected chi connectivity index (χ1v) is 6.86. The van der Waals surface area contributed by atoms with Crippen molar-refractivity contribution >= 4 is 23.2 Å². The Kier molecular flexibility index (Phi) is 7.07. The molecule has 0 aliphatic carbocycles. The number of aliphatic hydroxyl groups is 1. The Morgan fingerprint density at radius 2 is 2.05 bits per heavy atom. The number of benzene rings is 1.